The lowest BCUT2D eigenvalue weighted by Gasteiger charge is -2.12. The van der Waals surface area contributed by atoms with Crippen molar-refractivity contribution in [1.82, 2.24) is 5.32 Å². The maximum atomic E-state index is 3.52. The lowest BCUT2D eigenvalue weighted by molar-refractivity contribution is 0.475. The minimum Gasteiger partial charge on any atom is -0.316 e. The number of aryl methyl sites for hydroxylation is 1. The normalized spacial score (nSPS) is 13.4. The molecule has 2 heteroatoms. The van der Waals surface area contributed by atoms with E-state index in [1.54, 1.807) is 0 Å². The highest BCUT2D eigenvalue weighted by Crippen LogP contribution is 2.18. The molecule has 1 nitrogen and oxygen atoms in total. The Hall–Kier alpha value is -0.340. The number of hydrogen-bond acceptors (Lipinski definition) is 2. The summed E-state index contributed by atoms with van der Waals surface area (Å²) in [6, 6.07) is 4.48. The van der Waals surface area contributed by atoms with Gasteiger partial charge in [-0.05, 0) is 50.4 Å². The van der Waals surface area contributed by atoms with Crippen LogP contribution in [0, 0.1) is 18.8 Å². The summed E-state index contributed by atoms with van der Waals surface area (Å²) in [5.41, 5.74) is 0. The topological polar surface area (TPSA) is 12.0 Å². The zero-order valence-corrected chi connectivity index (χ0v) is 11.2. The Morgan fingerprint density at radius 3 is 2.47 bits per heavy atom. The van der Waals surface area contributed by atoms with Gasteiger partial charge >= 0.3 is 0 Å². The molecular formula is C13H23NS. The molecule has 1 aromatic heterocycles. The standard InChI is InChI=1S/C13H23NS/c1-10(2)8-14-9-11(3)7-13-6-5-12(4)15-13/h5-6,10-11,14H,7-9H2,1-4H3. The van der Waals surface area contributed by atoms with Crippen molar-refractivity contribution in [3.8, 4) is 0 Å². The molecule has 15 heavy (non-hydrogen) atoms. The quantitative estimate of drug-likeness (QED) is 0.781. The summed E-state index contributed by atoms with van der Waals surface area (Å²) in [5.74, 6) is 1.49. The molecule has 1 unspecified atom stereocenters. The Bertz CT molecular complexity index is 278. The van der Waals surface area contributed by atoms with Crippen molar-refractivity contribution in [1.29, 1.82) is 0 Å². The molecule has 86 valence electrons. The lowest BCUT2D eigenvalue weighted by Crippen LogP contribution is -2.25. The molecule has 0 aliphatic rings. The van der Waals surface area contributed by atoms with Crippen LogP contribution in [0.3, 0.4) is 0 Å². The second kappa shape index (κ2) is 6.29. The molecule has 1 N–H and O–H groups in total. The summed E-state index contributed by atoms with van der Waals surface area (Å²) in [6.45, 7) is 11.3. The molecular weight excluding hydrogens is 202 g/mol. The fourth-order valence-electron chi connectivity index (χ4n) is 1.63. The van der Waals surface area contributed by atoms with Crippen LogP contribution in [0.2, 0.25) is 0 Å². The van der Waals surface area contributed by atoms with E-state index in [0.717, 1.165) is 24.9 Å². The lowest BCUT2D eigenvalue weighted by atomic mass is 10.1. The minimum absolute atomic E-state index is 0.738. The Balaban J connectivity index is 2.21. The van der Waals surface area contributed by atoms with Crippen LogP contribution < -0.4 is 5.32 Å². The van der Waals surface area contributed by atoms with Crippen molar-refractivity contribution in [2.24, 2.45) is 11.8 Å². The first kappa shape index (κ1) is 12.7. The molecule has 0 bridgehead atoms. The van der Waals surface area contributed by atoms with E-state index in [1.165, 1.54) is 16.2 Å². The maximum absolute atomic E-state index is 3.52. The highest BCUT2D eigenvalue weighted by atomic mass is 32.1. The van der Waals surface area contributed by atoms with E-state index in [0.29, 0.717) is 0 Å². The van der Waals surface area contributed by atoms with Crippen molar-refractivity contribution >= 4 is 11.3 Å². The third-order valence-electron chi connectivity index (χ3n) is 2.39. The average Bonchev–Trinajstić information content (AvgIpc) is 2.50. The second-order valence-electron chi connectivity index (χ2n) is 4.87. The predicted octanol–water partition coefficient (Wildman–Crippen LogP) is 3.48. The molecule has 1 rings (SSSR count). The fraction of sp³-hybridized carbons (Fsp3) is 0.692. The molecule has 1 aromatic rings. The molecule has 0 aliphatic heterocycles. The number of nitrogens with one attached hydrogen (secondary N) is 1. The van der Waals surface area contributed by atoms with Crippen molar-refractivity contribution in [3.63, 3.8) is 0 Å². The van der Waals surface area contributed by atoms with Gasteiger partial charge in [-0.25, -0.2) is 0 Å². The Morgan fingerprint density at radius 2 is 1.93 bits per heavy atom. The highest BCUT2D eigenvalue weighted by Gasteiger charge is 2.05. The van der Waals surface area contributed by atoms with Crippen molar-refractivity contribution in [3.05, 3.63) is 21.9 Å². The summed E-state index contributed by atoms with van der Waals surface area (Å²) in [4.78, 5) is 2.94. The van der Waals surface area contributed by atoms with E-state index in [2.05, 4.69) is 45.1 Å². The predicted molar refractivity (Wildman–Crippen MR) is 69.6 cm³/mol. The first-order chi connectivity index (χ1) is 7.08. The zero-order valence-electron chi connectivity index (χ0n) is 10.3. The SMILES string of the molecule is Cc1ccc(CC(C)CNCC(C)C)s1. The number of thiophene rings is 1. The van der Waals surface area contributed by atoms with Gasteiger partial charge in [-0.2, -0.15) is 0 Å². The summed E-state index contributed by atoms with van der Waals surface area (Å²) in [5, 5.41) is 3.52. The van der Waals surface area contributed by atoms with Gasteiger partial charge in [-0.1, -0.05) is 20.8 Å². The van der Waals surface area contributed by atoms with Crippen LogP contribution >= 0.6 is 11.3 Å². The second-order valence-corrected chi connectivity index (χ2v) is 6.25. The molecule has 0 saturated heterocycles. The van der Waals surface area contributed by atoms with Crippen LogP contribution in [0.25, 0.3) is 0 Å². The van der Waals surface area contributed by atoms with E-state index in [9.17, 15) is 0 Å². The average molecular weight is 225 g/mol. The molecule has 0 aromatic carbocycles. The van der Waals surface area contributed by atoms with Gasteiger partial charge in [-0.15, -0.1) is 11.3 Å². The van der Waals surface area contributed by atoms with Crippen LogP contribution in [-0.2, 0) is 6.42 Å². The molecule has 1 heterocycles. The van der Waals surface area contributed by atoms with Gasteiger partial charge in [0, 0.05) is 9.75 Å². The van der Waals surface area contributed by atoms with Gasteiger partial charge in [0.05, 0.1) is 0 Å². The Labute approximate surface area is 97.9 Å². The summed E-state index contributed by atoms with van der Waals surface area (Å²) >= 11 is 1.93. The Kier molecular flexibility index (Phi) is 5.34. The molecule has 0 aliphatic carbocycles. The van der Waals surface area contributed by atoms with E-state index in [4.69, 9.17) is 0 Å². The van der Waals surface area contributed by atoms with Crippen molar-refractivity contribution < 1.29 is 0 Å². The molecule has 0 fully saturated rings. The van der Waals surface area contributed by atoms with Gasteiger partial charge in [-0.3, -0.25) is 0 Å². The number of hydrogen-bond donors (Lipinski definition) is 1. The molecule has 1 atom stereocenters. The Morgan fingerprint density at radius 1 is 1.20 bits per heavy atom. The van der Waals surface area contributed by atoms with Crippen LogP contribution in [-0.4, -0.2) is 13.1 Å². The van der Waals surface area contributed by atoms with Gasteiger partial charge < -0.3 is 5.32 Å². The highest BCUT2D eigenvalue weighted by molar-refractivity contribution is 7.11. The zero-order chi connectivity index (χ0) is 11.3. The van der Waals surface area contributed by atoms with Crippen molar-refractivity contribution in [2.45, 2.75) is 34.1 Å². The van der Waals surface area contributed by atoms with E-state index in [-0.39, 0.29) is 0 Å². The van der Waals surface area contributed by atoms with Crippen LogP contribution in [0.15, 0.2) is 12.1 Å². The van der Waals surface area contributed by atoms with Crippen LogP contribution in [0.1, 0.15) is 30.5 Å². The van der Waals surface area contributed by atoms with Crippen LogP contribution in [0.5, 0.6) is 0 Å². The van der Waals surface area contributed by atoms with E-state index in [1.807, 2.05) is 11.3 Å². The van der Waals surface area contributed by atoms with Gasteiger partial charge in [0.15, 0.2) is 0 Å². The third kappa shape index (κ3) is 5.33. The van der Waals surface area contributed by atoms with Crippen LogP contribution in [0.4, 0.5) is 0 Å². The van der Waals surface area contributed by atoms with E-state index < -0.39 is 0 Å². The minimum atomic E-state index is 0.738. The van der Waals surface area contributed by atoms with Gasteiger partial charge in [0.25, 0.3) is 0 Å². The third-order valence-corrected chi connectivity index (χ3v) is 3.41. The maximum Gasteiger partial charge on any atom is 0.00512 e. The molecule has 0 amide bonds. The van der Waals surface area contributed by atoms with Gasteiger partial charge in [0.2, 0.25) is 0 Å². The largest absolute Gasteiger partial charge is 0.316 e. The van der Waals surface area contributed by atoms with Crippen molar-refractivity contribution in [2.75, 3.05) is 13.1 Å². The smallest absolute Gasteiger partial charge is 0.00512 e. The monoisotopic (exact) mass is 225 g/mol. The summed E-state index contributed by atoms with van der Waals surface area (Å²) in [7, 11) is 0. The van der Waals surface area contributed by atoms with E-state index >= 15 is 0 Å². The van der Waals surface area contributed by atoms with Gasteiger partial charge in [0.1, 0.15) is 0 Å². The number of rotatable bonds is 6. The molecule has 0 spiro atoms. The molecule has 0 saturated carbocycles. The summed E-state index contributed by atoms with van der Waals surface area (Å²) < 4.78 is 0. The fourth-order valence-corrected chi connectivity index (χ4v) is 2.68. The first-order valence-corrected chi connectivity index (χ1v) is 6.65. The summed E-state index contributed by atoms with van der Waals surface area (Å²) in [6.07, 6.45) is 1.21. The molecule has 0 radical (unpaired) electrons. The first-order valence-electron chi connectivity index (χ1n) is 5.84.